The maximum atomic E-state index is 14.0. The zero-order valence-corrected chi connectivity index (χ0v) is 24.4. The van der Waals surface area contributed by atoms with Crippen molar-refractivity contribution in [2.24, 2.45) is 5.92 Å². The summed E-state index contributed by atoms with van der Waals surface area (Å²) in [5.74, 6) is -0.110. The molecule has 0 aliphatic carbocycles. The van der Waals surface area contributed by atoms with Crippen molar-refractivity contribution in [3.63, 3.8) is 0 Å². The molecule has 0 saturated carbocycles. The monoisotopic (exact) mass is 574 g/mol. The number of sulfonamides is 2. The Morgan fingerprint density at radius 2 is 1.20 bits per heavy atom. The minimum absolute atomic E-state index is 0.110. The van der Waals surface area contributed by atoms with Gasteiger partial charge in [-0.2, -0.15) is 8.61 Å². The van der Waals surface area contributed by atoms with Gasteiger partial charge in [0.2, 0.25) is 20.0 Å². The first kappa shape index (κ1) is 27.1. The van der Waals surface area contributed by atoms with E-state index in [1.807, 2.05) is 50.2 Å². The largest absolute Gasteiger partial charge is 0.243 e. The van der Waals surface area contributed by atoms with Crippen LogP contribution in [0, 0.1) is 19.8 Å². The van der Waals surface area contributed by atoms with Crippen LogP contribution in [0.5, 0.6) is 0 Å². The van der Waals surface area contributed by atoms with Gasteiger partial charge in [0.15, 0.2) is 0 Å². The number of rotatable bonds is 6. The molecule has 8 heteroatoms. The highest BCUT2D eigenvalue weighted by molar-refractivity contribution is 7.89. The average Bonchev–Trinajstić information content (AvgIpc) is 3.39. The van der Waals surface area contributed by atoms with E-state index >= 15 is 0 Å². The van der Waals surface area contributed by atoms with E-state index < -0.39 is 20.0 Å². The van der Waals surface area contributed by atoms with Gasteiger partial charge in [-0.15, -0.1) is 0 Å². The number of nitrogens with zero attached hydrogens (tertiary/aromatic N) is 2. The van der Waals surface area contributed by atoms with E-state index in [0.29, 0.717) is 30.7 Å². The minimum Gasteiger partial charge on any atom is -0.207 e. The summed E-state index contributed by atoms with van der Waals surface area (Å²) in [6, 6.07) is 27.8. The van der Waals surface area contributed by atoms with E-state index in [0.717, 1.165) is 27.5 Å². The zero-order chi connectivity index (χ0) is 28.1. The number of fused-ring (bicyclic) bond motifs is 2. The van der Waals surface area contributed by atoms with Crippen LogP contribution in [0.3, 0.4) is 0 Å². The van der Waals surface area contributed by atoms with Gasteiger partial charge in [-0.25, -0.2) is 16.8 Å². The molecule has 2 heterocycles. The lowest BCUT2D eigenvalue weighted by Gasteiger charge is -2.43. The molecule has 0 bridgehead atoms. The van der Waals surface area contributed by atoms with Gasteiger partial charge in [0.05, 0.1) is 9.79 Å². The Morgan fingerprint density at radius 3 is 1.82 bits per heavy atom. The van der Waals surface area contributed by atoms with E-state index in [2.05, 4.69) is 30.3 Å². The molecular formula is C32H34N2O4S2. The fourth-order valence-electron chi connectivity index (χ4n) is 6.44. The molecule has 2 fully saturated rings. The molecule has 0 N–H and O–H groups in total. The summed E-state index contributed by atoms with van der Waals surface area (Å²) in [7, 11) is -7.47. The summed E-state index contributed by atoms with van der Waals surface area (Å²) >= 11 is 0. The molecule has 4 aromatic carbocycles. The second kappa shape index (κ2) is 10.4. The Bertz CT molecular complexity index is 1750. The molecule has 0 aromatic heterocycles. The molecule has 2 saturated heterocycles. The van der Waals surface area contributed by atoms with E-state index in [1.165, 1.54) is 0 Å². The molecule has 0 amide bonds. The molecular weight excluding hydrogens is 540 g/mol. The molecule has 2 aliphatic heterocycles. The highest BCUT2D eigenvalue weighted by Gasteiger charge is 2.51. The number of benzene rings is 4. The second-order valence-electron chi connectivity index (χ2n) is 11.1. The Labute approximate surface area is 237 Å². The summed E-state index contributed by atoms with van der Waals surface area (Å²) in [6.07, 6.45) is 1.61. The second-order valence-corrected chi connectivity index (χ2v) is 14.9. The van der Waals surface area contributed by atoms with Gasteiger partial charge in [-0.05, 0) is 79.6 Å². The lowest BCUT2D eigenvalue weighted by atomic mass is 9.83. The minimum atomic E-state index is -3.77. The Hall–Kier alpha value is -3.04. The van der Waals surface area contributed by atoms with Crippen molar-refractivity contribution in [2.45, 2.75) is 55.0 Å². The van der Waals surface area contributed by atoms with Gasteiger partial charge in [-0.1, -0.05) is 77.9 Å². The number of piperidine rings is 1. The lowest BCUT2D eigenvalue weighted by Crippen LogP contribution is -2.55. The third-order valence-electron chi connectivity index (χ3n) is 8.57. The number of hydrogen-bond donors (Lipinski definition) is 0. The van der Waals surface area contributed by atoms with Crippen molar-refractivity contribution in [2.75, 3.05) is 13.1 Å². The predicted octanol–water partition coefficient (Wildman–Crippen LogP) is 5.54. The first-order valence-electron chi connectivity index (χ1n) is 13.8. The normalized spacial score (nSPS) is 22.4. The van der Waals surface area contributed by atoms with Gasteiger partial charge < -0.3 is 0 Å². The fraction of sp³-hybridized carbons (Fsp3) is 0.312. The molecule has 6 nitrogen and oxygen atoms in total. The van der Waals surface area contributed by atoms with E-state index in [4.69, 9.17) is 0 Å². The highest BCUT2D eigenvalue weighted by atomic mass is 32.2. The van der Waals surface area contributed by atoms with E-state index in [-0.39, 0.29) is 29.4 Å². The maximum absolute atomic E-state index is 14.0. The smallest absolute Gasteiger partial charge is 0.207 e. The molecule has 0 radical (unpaired) electrons. The van der Waals surface area contributed by atoms with E-state index in [9.17, 15) is 16.8 Å². The Morgan fingerprint density at radius 1 is 0.650 bits per heavy atom. The van der Waals surface area contributed by atoms with Crippen molar-refractivity contribution >= 4 is 30.8 Å². The van der Waals surface area contributed by atoms with Gasteiger partial charge in [-0.3, -0.25) is 0 Å². The molecule has 6 rings (SSSR count). The van der Waals surface area contributed by atoms with Crippen LogP contribution in [0.1, 0.15) is 29.5 Å². The molecule has 4 aromatic rings. The van der Waals surface area contributed by atoms with Gasteiger partial charge in [0.25, 0.3) is 0 Å². The fourth-order valence-corrected chi connectivity index (χ4v) is 9.84. The van der Waals surface area contributed by atoms with Crippen molar-refractivity contribution < 1.29 is 16.8 Å². The van der Waals surface area contributed by atoms with Crippen molar-refractivity contribution in [3.05, 3.63) is 108 Å². The maximum Gasteiger partial charge on any atom is 0.243 e. The SMILES string of the molecule is Cc1ccc(S(=O)(=O)N2CC[C@H]3[C@@H](CCN3S(=O)(=O)c3ccc(C)cc3)[C@H]2Cc2ccc3ccccc3c2)cc1. The number of aryl methyl sites for hydroxylation is 2. The third kappa shape index (κ3) is 4.87. The molecule has 2 aliphatic rings. The standard InChI is InChI=1S/C32H34N2O4S2/c1-23-7-13-28(14-8-23)39(35,36)33-19-17-30-31(33)18-20-34(40(37,38)29-15-9-24(2)10-16-29)32(30)22-25-11-12-26-5-3-4-6-27(26)21-25/h3-16,21,30-32H,17-20,22H2,1-2H3/t30-,31+,32-/m1/s1. The summed E-state index contributed by atoms with van der Waals surface area (Å²) in [5.41, 5.74) is 3.05. The summed E-state index contributed by atoms with van der Waals surface area (Å²) < 4.78 is 58.8. The van der Waals surface area contributed by atoms with Crippen molar-refractivity contribution in [1.82, 2.24) is 8.61 Å². The van der Waals surface area contributed by atoms with Gasteiger partial charge in [0.1, 0.15) is 0 Å². The highest BCUT2D eigenvalue weighted by Crippen LogP contribution is 2.42. The van der Waals surface area contributed by atoms with Crippen molar-refractivity contribution in [3.8, 4) is 0 Å². The summed E-state index contributed by atoms with van der Waals surface area (Å²) in [5, 5.41) is 2.24. The van der Waals surface area contributed by atoms with Gasteiger partial charge >= 0.3 is 0 Å². The van der Waals surface area contributed by atoms with Crippen LogP contribution < -0.4 is 0 Å². The van der Waals surface area contributed by atoms with Crippen LogP contribution in [0.4, 0.5) is 0 Å². The van der Waals surface area contributed by atoms with Gasteiger partial charge in [0, 0.05) is 25.2 Å². The average molecular weight is 575 g/mol. The van der Waals surface area contributed by atoms with Crippen LogP contribution in [0.2, 0.25) is 0 Å². The molecule has 40 heavy (non-hydrogen) atoms. The Balaban J connectivity index is 1.37. The van der Waals surface area contributed by atoms with Crippen LogP contribution >= 0.6 is 0 Å². The molecule has 0 spiro atoms. The van der Waals surface area contributed by atoms with Crippen LogP contribution in [0.15, 0.2) is 101 Å². The van der Waals surface area contributed by atoms with Crippen LogP contribution in [0.25, 0.3) is 10.8 Å². The molecule has 0 unspecified atom stereocenters. The third-order valence-corrected chi connectivity index (χ3v) is 12.4. The number of hydrogen-bond acceptors (Lipinski definition) is 4. The van der Waals surface area contributed by atoms with Crippen molar-refractivity contribution in [1.29, 1.82) is 0 Å². The quantitative estimate of drug-likeness (QED) is 0.303. The first-order valence-corrected chi connectivity index (χ1v) is 16.7. The topological polar surface area (TPSA) is 74.8 Å². The lowest BCUT2D eigenvalue weighted by molar-refractivity contribution is 0.138. The Kier molecular flexibility index (Phi) is 7.07. The summed E-state index contributed by atoms with van der Waals surface area (Å²) in [6.45, 7) is 4.53. The molecule has 3 atom stereocenters. The summed E-state index contributed by atoms with van der Waals surface area (Å²) in [4.78, 5) is 0.571. The van der Waals surface area contributed by atoms with Crippen LogP contribution in [-0.2, 0) is 26.5 Å². The predicted molar refractivity (Wildman–Crippen MR) is 158 cm³/mol. The zero-order valence-electron chi connectivity index (χ0n) is 22.8. The van der Waals surface area contributed by atoms with E-state index in [1.54, 1.807) is 32.9 Å². The molecule has 208 valence electrons. The van der Waals surface area contributed by atoms with Crippen LogP contribution in [-0.4, -0.2) is 50.6 Å². The first-order chi connectivity index (χ1) is 19.1.